The Morgan fingerprint density at radius 2 is 1.92 bits per heavy atom. The number of nitrogens with zero attached hydrogens (tertiary/aromatic N) is 3. The van der Waals surface area contributed by atoms with Gasteiger partial charge >= 0.3 is 6.18 Å². The van der Waals surface area contributed by atoms with E-state index in [1.807, 2.05) is 0 Å². The zero-order chi connectivity index (χ0) is 18.6. The van der Waals surface area contributed by atoms with Crippen molar-refractivity contribution in [2.75, 3.05) is 5.32 Å². The number of non-ortho nitro benzene ring substituents is 1. The number of nitro groups is 1. The first-order valence-corrected chi connectivity index (χ1v) is 7.67. The Morgan fingerprint density at radius 1 is 1.28 bits per heavy atom. The molecule has 0 aliphatic heterocycles. The Hall–Kier alpha value is -2.69. The maximum Gasteiger partial charge on any atom is 0.433 e. The molecule has 0 saturated carbocycles. The van der Waals surface area contributed by atoms with Gasteiger partial charge in [0.05, 0.1) is 10.2 Å². The fraction of sp³-hybridized carbons (Fsp3) is 0.214. The molecule has 1 unspecified atom stereocenters. The first-order chi connectivity index (χ1) is 11.7. The molecule has 0 bridgehead atoms. The van der Waals surface area contributed by atoms with Crippen molar-refractivity contribution in [2.24, 2.45) is 0 Å². The molecule has 0 radical (unpaired) electrons. The summed E-state index contributed by atoms with van der Waals surface area (Å²) in [6, 6.07) is 5.90. The topological polar surface area (TPSA) is 98.0 Å². The van der Waals surface area contributed by atoms with Crippen molar-refractivity contribution >= 4 is 29.0 Å². The van der Waals surface area contributed by atoms with Gasteiger partial charge < -0.3 is 5.32 Å². The number of nitrogens with one attached hydrogen (secondary N) is 1. The lowest BCUT2D eigenvalue weighted by atomic mass is 10.3. The second-order valence-corrected chi connectivity index (χ2v) is 6.08. The molecular weight excluding hydrogens is 361 g/mol. The second-order valence-electron chi connectivity index (χ2n) is 4.78. The molecule has 2 rings (SSSR count). The van der Waals surface area contributed by atoms with Crippen LogP contribution in [0.15, 0.2) is 41.7 Å². The van der Waals surface area contributed by atoms with E-state index in [9.17, 15) is 28.1 Å². The van der Waals surface area contributed by atoms with E-state index in [4.69, 9.17) is 0 Å². The summed E-state index contributed by atoms with van der Waals surface area (Å²) in [7, 11) is 0. The van der Waals surface area contributed by atoms with Crippen molar-refractivity contribution in [1.29, 1.82) is 0 Å². The van der Waals surface area contributed by atoms with Gasteiger partial charge in [-0.3, -0.25) is 14.9 Å². The Morgan fingerprint density at radius 3 is 2.48 bits per heavy atom. The molecule has 1 amide bonds. The molecule has 0 aliphatic carbocycles. The van der Waals surface area contributed by atoms with E-state index in [1.165, 1.54) is 31.2 Å². The highest BCUT2D eigenvalue weighted by atomic mass is 32.2. The normalized spacial score (nSPS) is 12.5. The molecule has 132 valence electrons. The Bertz CT molecular complexity index is 784. The molecule has 25 heavy (non-hydrogen) atoms. The molecule has 0 fully saturated rings. The fourth-order valence-corrected chi connectivity index (χ4v) is 2.43. The minimum Gasteiger partial charge on any atom is -0.325 e. The van der Waals surface area contributed by atoms with Crippen LogP contribution >= 0.6 is 11.8 Å². The van der Waals surface area contributed by atoms with Gasteiger partial charge in [-0.05, 0) is 25.1 Å². The van der Waals surface area contributed by atoms with Gasteiger partial charge in [-0.15, -0.1) is 0 Å². The number of nitro benzene ring substituents is 1. The zero-order valence-electron chi connectivity index (χ0n) is 12.6. The largest absolute Gasteiger partial charge is 0.433 e. The van der Waals surface area contributed by atoms with Crippen molar-refractivity contribution < 1.29 is 22.9 Å². The number of anilines is 1. The third kappa shape index (κ3) is 5.14. The molecule has 1 aromatic carbocycles. The summed E-state index contributed by atoms with van der Waals surface area (Å²) in [5, 5.41) is 12.1. The predicted molar refractivity (Wildman–Crippen MR) is 84.1 cm³/mol. The van der Waals surface area contributed by atoms with Crippen LogP contribution in [0, 0.1) is 10.1 Å². The van der Waals surface area contributed by atoms with E-state index >= 15 is 0 Å². The number of aromatic nitrogens is 2. The molecule has 1 aromatic heterocycles. The molecule has 1 N–H and O–H groups in total. The number of amides is 1. The molecule has 0 aliphatic rings. The average molecular weight is 372 g/mol. The van der Waals surface area contributed by atoms with Crippen LogP contribution in [-0.4, -0.2) is 26.0 Å². The molecule has 0 saturated heterocycles. The molecule has 7 nitrogen and oxygen atoms in total. The first kappa shape index (κ1) is 18.6. The number of hydrogen-bond acceptors (Lipinski definition) is 6. The lowest BCUT2D eigenvalue weighted by molar-refractivity contribution is -0.384. The molecule has 1 heterocycles. The Balaban J connectivity index is 2.02. The van der Waals surface area contributed by atoms with E-state index in [0.29, 0.717) is 5.69 Å². The van der Waals surface area contributed by atoms with E-state index in [1.54, 1.807) is 0 Å². The van der Waals surface area contributed by atoms with Gasteiger partial charge in [0.2, 0.25) is 5.91 Å². The summed E-state index contributed by atoms with van der Waals surface area (Å²) in [6.45, 7) is 1.48. The lowest BCUT2D eigenvalue weighted by Gasteiger charge is -2.12. The second kappa shape index (κ2) is 7.47. The minimum absolute atomic E-state index is 0.127. The van der Waals surface area contributed by atoms with E-state index in [0.717, 1.165) is 24.0 Å². The molecular formula is C14H11F3N4O3S. The minimum atomic E-state index is -4.59. The van der Waals surface area contributed by atoms with Crippen LogP contribution in [0.5, 0.6) is 0 Å². The van der Waals surface area contributed by atoms with Gasteiger partial charge in [0.1, 0.15) is 5.69 Å². The van der Waals surface area contributed by atoms with Crippen LogP contribution < -0.4 is 5.32 Å². The van der Waals surface area contributed by atoms with Gasteiger partial charge in [0.25, 0.3) is 5.69 Å². The van der Waals surface area contributed by atoms with Crippen molar-refractivity contribution in [1.82, 2.24) is 9.97 Å². The summed E-state index contributed by atoms with van der Waals surface area (Å²) < 4.78 is 37.8. The van der Waals surface area contributed by atoms with Crippen LogP contribution in [0.3, 0.4) is 0 Å². The first-order valence-electron chi connectivity index (χ1n) is 6.79. The van der Waals surface area contributed by atoms with E-state index in [-0.39, 0.29) is 10.8 Å². The smallest absolute Gasteiger partial charge is 0.325 e. The predicted octanol–water partition coefficient (Wildman–Crippen LogP) is 3.52. The highest BCUT2D eigenvalue weighted by Gasteiger charge is 2.33. The lowest BCUT2D eigenvalue weighted by Crippen LogP contribution is -2.22. The summed E-state index contributed by atoms with van der Waals surface area (Å²) >= 11 is 0.767. The van der Waals surface area contributed by atoms with Crippen LogP contribution in [0.1, 0.15) is 12.6 Å². The van der Waals surface area contributed by atoms with Crippen LogP contribution in [0.4, 0.5) is 24.5 Å². The van der Waals surface area contributed by atoms with Crippen LogP contribution in [0.2, 0.25) is 0 Å². The van der Waals surface area contributed by atoms with Gasteiger partial charge in [0.15, 0.2) is 5.16 Å². The third-order valence-electron chi connectivity index (χ3n) is 2.92. The molecule has 0 spiro atoms. The van der Waals surface area contributed by atoms with Crippen molar-refractivity contribution in [2.45, 2.75) is 23.5 Å². The SMILES string of the molecule is CC(Sc1nccc(C(F)(F)F)n1)C(=O)Nc1ccc([N+](=O)[O-])cc1. The Labute approximate surface area is 143 Å². The highest BCUT2D eigenvalue weighted by molar-refractivity contribution is 8.00. The number of alkyl halides is 3. The standard InChI is InChI=1S/C14H11F3N4O3S/c1-8(25-13-18-7-6-11(20-13)14(15,16)17)12(22)19-9-2-4-10(5-3-9)21(23)24/h2-8H,1H3,(H,19,22). The molecule has 11 heteroatoms. The average Bonchev–Trinajstić information content (AvgIpc) is 2.54. The van der Waals surface area contributed by atoms with Crippen molar-refractivity contribution in [3.05, 3.63) is 52.3 Å². The summed E-state index contributed by atoms with van der Waals surface area (Å²) in [5.74, 6) is -0.500. The number of thioether (sulfide) groups is 1. The third-order valence-corrected chi connectivity index (χ3v) is 3.90. The number of halogens is 3. The fourth-order valence-electron chi connectivity index (χ4n) is 1.68. The summed E-state index contributed by atoms with van der Waals surface area (Å²) in [6.07, 6.45) is -3.62. The quantitative estimate of drug-likeness (QED) is 0.373. The van der Waals surface area contributed by atoms with Crippen LogP contribution in [0.25, 0.3) is 0 Å². The van der Waals surface area contributed by atoms with Crippen LogP contribution in [-0.2, 0) is 11.0 Å². The highest BCUT2D eigenvalue weighted by Crippen LogP contribution is 2.29. The number of hydrogen-bond donors (Lipinski definition) is 1. The Kier molecular flexibility index (Phi) is 5.57. The molecule has 2 aromatic rings. The van der Waals surface area contributed by atoms with Crippen molar-refractivity contribution in [3.8, 4) is 0 Å². The summed E-state index contributed by atoms with van der Waals surface area (Å²) in [5.41, 5.74) is -0.890. The maximum atomic E-state index is 12.6. The number of rotatable bonds is 5. The summed E-state index contributed by atoms with van der Waals surface area (Å²) in [4.78, 5) is 29.2. The number of benzene rings is 1. The maximum absolute atomic E-state index is 12.6. The monoisotopic (exact) mass is 372 g/mol. The van der Waals surface area contributed by atoms with Crippen molar-refractivity contribution in [3.63, 3.8) is 0 Å². The van der Waals surface area contributed by atoms with Gasteiger partial charge in [-0.2, -0.15) is 13.2 Å². The molecule has 1 atom stereocenters. The van der Waals surface area contributed by atoms with E-state index < -0.39 is 28.0 Å². The van der Waals surface area contributed by atoms with Gasteiger partial charge in [-0.25, -0.2) is 9.97 Å². The van der Waals surface area contributed by atoms with Gasteiger partial charge in [-0.1, -0.05) is 11.8 Å². The number of carbonyl (C=O) groups is 1. The number of carbonyl (C=O) groups excluding carboxylic acids is 1. The van der Waals surface area contributed by atoms with E-state index in [2.05, 4.69) is 15.3 Å². The zero-order valence-corrected chi connectivity index (χ0v) is 13.5. The van der Waals surface area contributed by atoms with Gasteiger partial charge in [0, 0.05) is 24.0 Å².